The number of fused-ring (bicyclic) bond motifs is 7. The summed E-state index contributed by atoms with van der Waals surface area (Å²) in [5.74, 6) is -0.331. The summed E-state index contributed by atoms with van der Waals surface area (Å²) in [6.07, 6.45) is -39.0. The van der Waals surface area contributed by atoms with E-state index in [2.05, 4.69) is 20.8 Å². The van der Waals surface area contributed by atoms with Gasteiger partial charge in [-0.05, 0) is 86.9 Å². The van der Waals surface area contributed by atoms with Crippen LogP contribution in [0.25, 0.3) is 0 Å². The zero-order valence-corrected chi connectivity index (χ0v) is 47.8. The van der Waals surface area contributed by atoms with Gasteiger partial charge in [0.05, 0.1) is 51.3 Å². The first-order valence-corrected chi connectivity index (χ1v) is 30.2. The monoisotopic (exact) mass is 1210 g/mol. The van der Waals surface area contributed by atoms with Gasteiger partial charge < -0.3 is 133 Å². The van der Waals surface area contributed by atoms with Crippen molar-refractivity contribution in [1.82, 2.24) is 0 Å². The molecule has 4 aliphatic carbocycles. The van der Waals surface area contributed by atoms with Crippen LogP contribution >= 0.6 is 0 Å². The molecule has 11 rings (SSSR count). The highest BCUT2D eigenvalue weighted by Gasteiger charge is 2.73. The lowest BCUT2D eigenvalue weighted by Gasteiger charge is -2.61. The molecule has 4 saturated carbocycles. The molecule has 28 heteroatoms. The number of hydrogen-bond donors (Lipinski definition) is 15. The van der Waals surface area contributed by atoms with Gasteiger partial charge in [-0.15, -0.1) is 0 Å². The first-order chi connectivity index (χ1) is 39.8. The maximum absolute atomic E-state index is 14.8. The van der Waals surface area contributed by atoms with Gasteiger partial charge in [-0.2, -0.15) is 0 Å². The topological polar surface area (TPSA) is 431 Å². The van der Waals surface area contributed by atoms with Gasteiger partial charge in [-0.25, -0.2) is 0 Å². The van der Waals surface area contributed by atoms with Crippen LogP contribution in [0.4, 0.5) is 0 Å². The second-order valence-corrected chi connectivity index (χ2v) is 26.7. The Bertz CT molecular complexity index is 2260. The van der Waals surface area contributed by atoms with Crippen LogP contribution in [0.3, 0.4) is 0 Å². The van der Waals surface area contributed by atoms with Crippen LogP contribution in [0.15, 0.2) is 0 Å². The highest BCUT2D eigenvalue weighted by molar-refractivity contribution is 5.87. The summed E-state index contributed by atoms with van der Waals surface area (Å²) in [4.78, 5) is 14.8. The minimum absolute atomic E-state index is 0.0835. The molecule has 7 heterocycles. The van der Waals surface area contributed by atoms with Crippen molar-refractivity contribution in [2.45, 2.75) is 258 Å². The normalized spacial score (nSPS) is 57.7. The molecule has 482 valence electrons. The van der Waals surface area contributed by atoms with Gasteiger partial charge in [-0.1, -0.05) is 27.7 Å². The molecule has 0 bridgehead atoms. The molecule has 0 aromatic heterocycles. The summed E-state index contributed by atoms with van der Waals surface area (Å²) in [6, 6.07) is 0. The molecule has 84 heavy (non-hydrogen) atoms. The van der Waals surface area contributed by atoms with Crippen molar-refractivity contribution in [2.75, 3.05) is 33.0 Å². The molecular weight excluding hydrogens is 1120 g/mol. The van der Waals surface area contributed by atoms with Crippen molar-refractivity contribution < 1.29 is 138 Å². The van der Waals surface area contributed by atoms with E-state index in [0.29, 0.717) is 38.7 Å². The van der Waals surface area contributed by atoms with Gasteiger partial charge in [0.15, 0.2) is 37.2 Å². The molecule has 15 N–H and O–H groups in total. The van der Waals surface area contributed by atoms with Gasteiger partial charge in [0.1, 0.15) is 122 Å². The van der Waals surface area contributed by atoms with E-state index >= 15 is 0 Å². The maximum atomic E-state index is 14.8. The number of aliphatic hydroxyl groups excluding tert-OH is 15. The minimum atomic E-state index is -2.08. The van der Waals surface area contributed by atoms with Crippen LogP contribution in [-0.4, -0.2) is 287 Å². The number of ether oxygens (including phenoxy) is 12. The van der Waals surface area contributed by atoms with Crippen molar-refractivity contribution in [3.8, 4) is 0 Å². The smallest absolute Gasteiger partial charge is 0.197 e. The molecule has 7 saturated heterocycles. The van der Waals surface area contributed by atoms with E-state index in [-0.39, 0.29) is 58.7 Å². The maximum Gasteiger partial charge on any atom is 0.197 e. The highest BCUT2D eigenvalue weighted by atomic mass is 16.8. The molecule has 7 aliphatic heterocycles. The standard InChI is InChI=1S/C56H90O28/c1-19-10-33(62)56(74-17-19)20(2)34-28(84-56)12-26-24-7-6-22-11-23(8-9-54(22,4)25(24)13-32(61)55(26,34)5)76-51-43(71)40(68)46(31(16-59)79-51)81-53-48(83-52-42(70)39(67)36(64)29(14-57)77-52)47(37(65)30(15-58)78-53)82-49-44(72)45(27(60)18-73-49)80-50-41(69)38(66)35(63)21(3)75-50/h19-31,33-53,57-60,62-72H,6-18H2,1-5H3. The Morgan fingerprint density at radius 1 is 0.536 bits per heavy atom. The Balaban J connectivity index is 0.777. The Kier molecular flexibility index (Phi) is 18.8. The van der Waals surface area contributed by atoms with Crippen molar-refractivity contribution in [2.24, 2.45) is 52.3 Å². The molecular formula is C56H90O28. The third-order valence-electron chi connectivity index (χ3n) is 22.0. The molecule has 11 aliphatic rings. The molecule has 37 unspecified atom stereocenters. The first kappa shape index (κ1) is 64.1. The largest absolute Gasteiger partial charge is 0.394 e. The summed E-state index contributed by atoms with van der Waals surface area (Å²) in [7, 11) is 0. The average molecular weight is 1210 g/mol. The van der Waals surface area contributed by atoms with E-state index in [1.807, 2.05) is 6.92 Å². The lowest BCUT2D eigenvalue weighted by atomic mass is 9.44. The lowest BCUT2D eigenvalue weighted by Crippen LogP contribution is -2.68. The lowest BCUT2D eigenvalue weighted by molar-refractivity contribution is -0.406. The number of ketones is 1. The van der Waals surface area contributed by atoms with Crippen LogP contribution in [-0.2, 0) is 61.6 Å². The van der Waals surface area contributed by atoms with Crippen LogP contribution in [0.1, 0.15) is 86.0 Å². The van der Waals surface area contributed by atoms with Crippen molar-refractivity contribution in [1.29, 1.82) is 0 Å². The Labute approximate surface area is 485 Å². The van der Waals surface area contributed by atoms with Gasteiger partial charge in [0, 0.05) is 23.7 Å². The predicted octanol–water partition coefficient (Wildman–Crippen LogP) is -5.27. The number of carbonyl (C=O) groups is 1. The quantitative estimate of drug-likeness (QED) is 0.0766. The van der Waals surface area contributed by atoms with E-state index in [0.717, 1.165) is 19.3 Å². The zero-order valence-electron chi connectivity index (χ0n) is 47.8. The Hall–Kier alpha value is -1.41. The molecule has 28 nitrogen and oxygen atoms in total. The second kappa shape index (κ2) is 24.7. The van der Waals surface area contributed by atoms with Crippen LogP contribution in [0.5, 0.6) is 0 Å². The summed E-state index contributed by atoms with van der Waals surface area (Å²) in [5, 5.41) is 165. The predicted molar refractivity (Wildman–Crippen MR) is 275 cm³/mol. The Morgan fingerprint density at radius 2 is 1.13 bits per heavy atom. The number of aliphatic hydroxyl groups is 15. The number of hydrogen-bond acceptors (Lipinski definition) is 28. The first-order valence-electron chi connectivity index (χ1n) is 30.2. The molecule has 0 radical (unpaired) electrons. The molecule has 37 atom stereocenters. The summed E-state index contributed by atoms with van der Waals surface area (Å²) >= 11 is 0. The molecule has 1 spiro atoms. The van der Waals surface area contributed by atoms with Crippen molar-refractivity contribution in [3.63, 3.8) is 0 Å². The molecule has 11 fully saturated rings. The van der Waals surface area contributed by atoms with E-state index in [1.54, 1.807) is 0 Å². The van der Waals surface area contributed by atoms with Crippen LogP contribution < -0.4 is 0 Å². The van der Waals surface area contributed by atoms with Gasteiger partial charge in [-0.3, -0.25) is 4.79 Å². The van der Waals surface area contributed by atoms with Crippen LogP contribution in [0.2, 0.25) is 0 Å². The van der Waals surface area contributed by atoms with Gasteiger partial charge >= 0.3 is 0 Å². The second-order valence-electron chi connectivity index (χ2n) is 26.7. The van der Waals surface area contributed by atoms with E-state index in [9.17, 15) is 81.4 Å². The van der Waals surface area contributed by atoms with E-state index < -0.39 is 197 Å². The molecule has 0 aromatic carbocycles. The summed E-state index contributed by atoms with van der Waals surface area (Å²) in [5.41, 5.74) is -0.851. The fraction of sp³-hybridized carbons (Fsp3) is 0.982. The summed E-state index contributed by atoms with van der Waals surface area (Å²) < 4.78 is 72.9. The fourth-order valence-corrected chi connectivity index (χ4v) is 17.1. The molecule has 0 amide bonds. The molecule has 0 aromatic rings. The van der Waals surface area contributed by atoms with Gasteiger partial charge in [0.2, 0.25) is 0 Å². The number of rotatable bonds is 13. The van der Waals surface area contributed by atoms with Crippen molar-refractivity contribution in [3.05, 3.63) is 0 Å². The minimum Gasteiger partial charge on any atom is -0.394 e. The number of Topliss-reactive ketones (excluding diaryl/α,β-unsaturated/α-hetero) is 1. The van der Waals surface area contributed by atoms with Crippen molar-refractivity contribution >= 4 is 5.78 Å². The van der Waals surface area contributed by atoms with Gasteiger partial charge in [0.25, 0.3) is 0 Å². The third-order valence-corrected chi connectivity index (χ3v) is 22.0. The average Bonchev–Trinajstić information content (AvgIpc) is 1.55. The van der Waals surface area contributed by atoms with E-state index in [1.165, 1.54) is 6.92 Å². The Morgan fingerprint density at radius 3 is 1.82 bits per heavy atom. The van der Waals surface area contributed by atoms with Crippen LogP contribution in [0, 0.1) is 52.3 Å². The third kappa shape index (κ3) is 10.8. The fourth-order valence-electron chi connectivity index (χ4n) is 17.1. The zero-order chi connectivity index (χ0) is 60.4. The SMILES string of the molecule is CC1COC2(OC3CC4C5CCC6CC(OC7OC(CO)C(OC8OC(CO)C(O)C(OC9OCC(O)C(OC%10OC(C)C(O)C(O)C%10O)C9O)C8OC8OC(CO)C(O)C(O)C8O)C(O)C7O)CCC6(C)C5CC(=O)C4(C)C3C2C)C(O)C1. The van der Waals surface area contributed by atoms with E-state index in [4.69, 9.17) is 56.8 Å². The number of carbonyl (C=O) groups excluding carboxylic acids is 1. The summed E-state index contributed by atoms with van der Waals surface area (Å²) in [6.45, 7) is 7.04. The highest BCUT2D eigenvalue weighted by Crippen LogP contribution is 2.70.